The first-order chi connectivity index (χ1) is 8.69. The summed E-state index contributed by atoms with van der Waals surface area (Å²) in [7, 11) is 1.23. The molecule has 0 aromatic carbocycles. The predicted octanol–water partition coefficient (Wildman–Crippen LogP) is 2.66. The fraction of sp³-hybridized carbons (Fsp3) is 0.0769. The van der Waals surface area contributed by atoms with Gasteiger partial charge in [0.25, 0.3) is 0 Å². The Balaban J connectivity index is 2.31. The molecule has 0 radical (unpaired) electrons. The summed E-state index contributed by atoms with van der Waals surface area (Å²) in [5.74, 6) is -0.453. The third-order valence-corrected chi connectivity index (χ3v) is 2.96. The molecule has 0 N–H and O–H groups in total. The Kier molecular flexibility index (Phi) is 3.74. The van der Waals surface area contributed by atoms with Gasteiger partial charge < -0.3 is 9.15 Å². The molecule has 4 nitrogen and oxygen atoms in total. The lowest BCUT2D eigenvalue weighted by Gasteiger charge is -1.99. The van der Waals surface area contributed by atoms with E-state index in [2.05, 4.69) is 4.74 Å². The van der Waals surface area contributed by atoms with Gasteiger partial charge in [-0.25, -0.2) is 4.79 Å². The summed E-state index contributed by atoms with van der Waals surface area (Å²) in [5, 5.41) is 1.95. The second-order valence-corrected chi connectivity index (χ2v) is 4.38. The van der Waals surface area contributed by atoms with E-state index in [1.54, 1.807) is 17.4 Å². The van der Waals surface area contributed by atoms with Crippen LogP contribution in [0.3, 0.4) is 0 Å². The topological polar surface area (TPSA) is 56.5 Å². The van der Waals surface area contributed by atoms with Gasteiger partial charge in [0.1, 0.15) is 5.76 Å². The first kappa shape index (κ1) is 12.3. The van der Waals surface area contributed by atoms with E-state index >= 15 is 0 Å². The second-order valence-electron chi connectivity index (χ2n) is 3.40. The SMILES string of the molecule is COC(=O)c1cc(=O)cc(/C=C/c2cccs2)o1. The first-order valence-corrected chi connectivity index (χ1v) is 6.02. The van der Waals surface area contributed by atoms with Crippen molar-refractivity contribution >= 4 is 29.5 Å². The maximum absolute atomic E-state index is 11.4. The Morgan fingerprint density at radius 3 is 2.89 bits per heavy atom. The molecule has 0 saturated heterocycles. The molecule has 92 valence electrons. The molecule has 2 aromatic rings. The largest absolute Gasteiger partial charge is 0.463 e. The zero-order valence-electron chi connectivity index (χ0n) is 9.58. The summed E-state index contributed by atoms with van der Waals surface area (Å²) < 4.78 is 9.76. The van der Waals surface area contributed by atoms with Gasteiger partial charge in [-0.15, -0.1) is 11.3 Å². The van der Waals surface area contributed by atoms with Gasteiger partial charge in [-0.05, 0) is 23.6 Å². The van der Waals surface area contributed by atoms with Gasteiger partial charge in [-0.1, -0.05) is 6.07 Å². The maximum Gasteiger partial charge on any atom is 0.374 e. The van der Waals surface area contributed by atoms with Crippen LogP contribution in [0.15, 0.2) is 38.9 Å². The lowest BCUT2D eigenvalue weighted by Crippen LogP contribution is -2.07. The van der Waals surface area contributed by atoms with Crippen LogP contribution in [-0.2, 0) is 4.74 Å². The van der Waals surface area contributed by atoms with E-state index < -0.39 is 5.97 Å². The zero-order chi connectivity index (χ0) is 13.0. The normalized spacial score (nSPS) is 10.7. The van der Waals surface area contributed by atoms with Crippen molar-refractivity contribution in [2.24, 2.45) is 0 Å². The van der Waals surface area contributed by atoms with Gasteiger partial charge in [0.15, 0.2) is 5.43 Å². The molecule has 2 aromatic heterocycles. The van der Waals surface area contributed by atoms with Crippen LogP contribution in [0, 0.1) is 0 Å². The zero-order valence-corrected chi connectivity index (χ0v) is 10.4. The van der Waals surface area contributed by atoms with E-state index in [0.29, 0.717) is 5.76 Å². The molecule has 0 spiro atoms. The molecule has 0 unspecified atom stereocenters. The Hall–Kier alpha value is -2.14. The average molecular weight is 262 g/mol. The van der Waals surface area contributed by atoms with Crippen molar-refractivity contribution in [3.63, 3.8) is 0 Å². The van der Waals surface area contributed by atoms with Crippen LogP contribution in [0.2, 0.25) is 0 Å². The summed E-state index contributed by atoms with van der Waals surface area (Å²) >= 11 is 1.56. The maximum atomic E-state index is 11.4. The van der Waals surface area contributed by atoms with E-state index in [-0.39, 0.29) is 11.2 Å². The highest BCUT2D eigenvalue weighted by molar-refractivity contribution is 7.10. The van der Waals surface area contributed by atoms with E-state index in [1.165, 1.54) is 13.2 Å². The van der Waals surface area contributed by atoms with Crippen molar-refractivity contribution in [2.45, 2.75) is 0 Å². The molecular formula is C13H10O4S. The lowest BCUT2D eigenvalue weighted by atomic mass is 10.3. The van der Waals surface area contributed by atoms with Gasteiger partial charge in [-0.3, -0.25) is 4.79 Å². The number of rotatable bonds is 3. The highest BCUT2D eigenvalue weighted by Gasteiger charge is 2.09. The van der Waals surface area contributed by atoms with Crippen molar-refractivity contribution < 1.29 is 13.9 Å². The minimum Gasteiger partial charge on any atom is -0.463 e. The minimum absolute atomic E-state index is 0.101. The number of carbonyl (C=O) groups is 1. The van der Waals surface area contributed by atoms with E-state index in [9.17, 15) is 9.59 Å². The molecule has 0 aliphatic carbocycles. The van der Waals surface area contributed by atoms with Gasteiger partial charge in [0.2, 0.25) is 5.76 Å². The lowest BCUT2D eigenvalue weighted by molar-refractivity contribution is 0.0561. The van der Waals surface area contributed by atoms with Crippen molar-refractivity contribution in [1.82, 2.24) is 0 Å². The fourth-order valence-electron chi connectivity index (χ4n) is 1.33. The smallest absolute Gasteiger partial charge is 0.374 e. The molecule has 0 aliphatic rings. The molecule has 0 amide bonds. The fourth-order valence-corrected chi connectivity index (χ4v) is 1.95. The Labute approximate surface area is 107 Å². The van der Waals surface area contributed by atoms with Crippen LogP contribution in [0.1, 0.15) is 21.2 Å². The molecule has 2 rings (SSSR count). The molecule has 5 heteroatoms. The van der Waals surface area contributed by atoms with Crippen molar-refractivity contribution in [3.8, 4) is 0 Å². The van der Waals surface area contributed by atoms with Crippen LogP contribution < -0.4 is 5.43 Å². The summed E-state index contributed by atoms with van der Waals surface area (Å²) in [6, 6.07) is 6.28. The molecule has 0 fully saturated rings. The van der Waals surface area contributed by atoms with Crippen LogP contribution in [-0.4, -0.2) is 13.1 Å². The standard InChI is InChI=1S/C13H10O4S/c1-16-13(15)12-8-9(14)7-10(17-12)4-5-11-3-2-6-18-11/h2-8H,1H3/b5-4+. The average Bonchev–Trinajstić information content (AvgIpc) is 2.88. The van der Waals surface area contributed by atoms with Crippen LogP contribution in [0.4, 0.5) is 0 Å². The summed E-state index contributed by atoms with van der Waals surface area (Å²) in [5.41, 5.74) is -0.299. The van der Waals surface area contributed by atoms with Gasteiger partial charge in [-0.2, -0.15) is 0 Å². The number of hydrogen-bond acceptors (Lipinski definition) is 5. The first-order valence-electron chi connectivity index (χ1n) is 5.14. The molecular weight excluding hydrogens is 252 g/mol. The van der Waals surface area contributed by atoms with Crippen LogP contribution in [0.25, 0.3) is 12.2 Å². The Bertz CT molecular complexity index is 623. The quantitative estimate of drug-likeness (QED) is 0.798. The number of esters is 1. The predicted molar refractivity (Wildman–Crippen MR) is 69.6 cm³/mol. The monoisotopic (exact) mass is 262 g/mol. The van der Waals surface area contributed by atoms with Gasteiger partial charge >= 0.3 is 5.97 Å². The summed E-state index contributed by atoms with van der Waals surface area (Å²) in [6.45, 7) is 0. The van der Waals surface area contributed by atoms with Crippen LogP contribution >= 0.6 is 11.3 Å². The highest BCUT2D eigenvalue weighted by atomic mass is 32.1. The van der Waals surface area contributed by atoms with E-state index in [1.807, 2.05) is 23.6 Å². The number of carbonyl (C=O) groups excluding carboxylic acids is 1. The Morgan fingerprint density at radius 2 is 2.22 bits per heavy atom. The summed E-state index contributed by atoms with van der Waals surface area (Å²) in [4.78, 5) is 23.7. The number of hydrogen-bond donors (Lipinski definition) is 0. The molecule has 0 aliphatic heterocycles. The minimum atomic E-state index is -0.668. The molecule has 0 saturated carbocycles. The van der Waals surface area contributed by atoms with Crippen LogP contribution in [0.5, 0.6) is 0 Å². The van der Waals surface area contributed by atoms with E-state index in [0.717, 1.165) is 10.9 Å². The van der Waals surface area contributed by atoms with Crippen molar-refractivity contribution in [2.75, 3.05) is 7.11 Å². The number of thiophene rings is 1. The Morgan fingerprint density at radius 1 is 1.39 bits per heavy atom. The number of ether oxygens (including phenoxy) is 1. The second kappa shape index (κ2) is 5.46. The van der Waals surface area contributed by atoms with Gasteiger partial charge in [0.05, 0.1) is 7.11 Å². The van der Waals surface area contributed by atoms with Crippen molar-refractivity contribution in [3.05, 3.63) is 56.3 Å². The molecule has 18 heavy (non-hydrogen) atoms. The molecule has 0 atom stereocenters. The molecule has 2 heterocycles. The van der Waals surface area contributed by atoms with Crippen molar-refractivity contribution in [1.29, 1.82) is 0 Å². The van der Waals surface area contributed by atoms with E-state index in [4.69, 9.17) is 4.42 Å². The highest BCUT2D eigenvalue weighted by Crippen LogP contribution is 2.13. The van der Waals surface area contributed by atoms with Gasteiger partial charge in [0, 0.05) is 17.0 Å². The third-order valence-electron chi connectivity index (χ3n) is 2.13. The molecule has 0 bridgehead atoms. The number of methoxy groups -OCH3 is 1. The third kappa shape index (κ3) is 2.95. The summed E-state index contributed by atoms with van der Waals surface area (Å²) in [6.07, 6.45) is 3.45.